The van der Waals surface area contributed by atoms with Crippen LogP contribution in [0.4, 0.5) is 10.1 Å². The fourth-order valence-corrected chi connectivity index (χ4v) is 4.40. The summed E-state index contributed by atoms with van der Waals surface area (Å²) in [6, 6.07) is 11.8. The summed E-state index contributed by atoms with van der Waals surface area (Å²) in [5.74, 6) is -0.192. The third kappa shape index (κ3) is 5.75. The van der Waals surface area contributed by atoms with Crippen LogP contribution in [-0.4, -0.2) is 63.4 Å². The van der Waals surface area contributed by atoms with Crippen molar-refractivity contribution in [3.8, 4) is 5.75 Å². The molecule has 2 aromatic rings. The Morgan fingerprint density at radius 3 is 2.48 bits per heavy atom. The Hall–Kier alpha value is -2.49. The lowest BCUT2D eigenvalue weighted by Gasteiger charge is -2.31. The molecule has 0 aromatic heterocycles. The van der Waals surface area contributed by atoms with Crippen molar-refractivity contribution in [3.05, 3.63) is 54.3 Å². The number of sulfonamides is 1. The van der Waals surface area contributed by atoms with E-state index in [-0.39, 0.29) is 29.6 Å². The van der Waals surface area contributed by atoms with E-state index in [1.165, 1.54) is 40.7 Å². The smallest absolute Gasteiger partial charge is 0.243 e. The lowest BCUT2D eigenvalue weighted by molar-refractivity contribution is -0.116. The van der Waals surface area contributed by atoms with Gasteiger partial charge in [-0.1, -0.05) is 6.07 Å². The van der Waals surface area contributed by atoms with E-state index in [2.05, 4.69) is 10.2 Å². The normalized spacial score (nSPS) is 15.8. The minimum atomic E-state index is -3.60. The molecule has 0 unspecified atom stereocenters. The van der Waals surface area contributed by atoms with Crippen LogP contribution >= 0.6 is 0 Å². The maximum absolute atomic E-state index is 12.9. The van der Waals surface area contributed by atoms with Crippen LogP contribution in [0.1, 0.15) is 6.42 Å². The number of hydrogen-bond donors (Lipinski definition) is 1. The fourth-order valence-electron chi connectivity index (χ4n) is 2.93. The molecule has 9 heteroatoms. The minimum Gasteiger partial charge on any atom is -0.493 e. The Labute approximate surface area is 170 Å². The number of benzene rings is 2. The Morgan fingerprint density at radius 1 is 1.10 bits per heavy atom. The Kier molecular flexibility index (Phi) is 6.83. The highest BCUT2D eigenvalue weighted by molar-refractivity contribution is 7.89. The van der Waals surface area contributed by atoms with E-state index in [4.69, 9.17) is 4.74 Å². The highest BCUT2D eigenvalue weighted by atomic mass is 32.2. The second-order valence-electron chi connectivity index (χ2n) is 6.84. The summed E-state index contributed by atoms with van der Waals surface area (Å²) in [6.45, 7) is 2.37. The van der Waals surface area contributed by atoms with Gasteiger partial charge in [-0.15, -0.1) is 0 Å². The highest BCUT2D eigenvalue weighted by Crippen LogP contribution is 2.21. The molecule has 0 saturated carbocycles. The molecule has 1 heterocycles. The Morgan fingerprint density at radius 2 is 1.79 bits per heavy atom. The van der Waals surface area contributed by atoms with Gasteiger partial charge in [0.15, 0.2) is 0 Å². The number of carbonyl (C=O) groups is 1. The zero-order valence-electron chi connectivity index (χ0n) is 16.2. The van der Waals surface area contributed by atoms with Crippen molar-refractivity contribution in [2.45, 2.75) is 11.3 Å². The number of hydrogen-bond acceptors (Lipinski definition) is 5. The summed E-state index contributed by atoms with van der Waals surface area (Å²) in [7, 11) is -1.64. The van der Waals surface area contributed by atoms with Gasteiger partial charge in [0.1, 0.15) is 11.6 Å². The van der Waals surface area contributed by atoms with Crippen LogP contribution in [0.3, 0.4) is 0 Å². The van der Waals surface area contributed by atoms with Gasteiger partial charge in [-0.05, 0) is 49.5 Å². The standard InChI is InChI=1S/C20H24FN3O4S/c1-23-10-12-24(13-11-23)29(26,27)19-4-2-3-17(15-19)22-20(25)9-14-28-18-7-5-16(21)6-8-18/h2-8,15H,9-14H2,1H3,(H,22,25). The van der Waals surface area contributed by atoms with E-state index in [1.54, 1.807) is 12.1 Å². The van der Waals surface area contributed by atoms with E-state index in [0.29, 0.717) is 37.6 Å². The third-order valence-corrected chi connectivity index (χ3v) is 6.52. The molecule has 0 spiro atoms. The molecule has 3 rings (SSSR count). The van der Waals surface area contributed by atoms with Crippen molar-refractivity contribution >= 4 is 21.6 Å². The molecule has 0 radical (unpaired) electrons. The van der Waals surface area contributed by atoms with Crippen LogP contribution in [0.15, 0.2) is 53.4 Å². The predicted octanol–water partition coefficient (Wildman–Crippen LogP) is 2.17. The zero-order chi connectivity index (χ0) is 20.9. The van der Waals surface area contributed by atoms with Crippen molar-refractivity contribution in [3.63, 3.8) is 0 Å². The summed E-state index contributed by atoms with van der Waals surface area (Å²) in [5, 5.41) is 2.69. The number of piperazine rings is 1. The zero-order valence-corrected chi connectivity index (χ0v) is 17.0. The first-order valence-electron chi connectivity index (χ1n) is 9.31. The number of rotatable bonds is 7. The van der Waals surface area contributed by atoms with Gasteiger partial charge in [0.25, 0.3) is 0 Å². The first-order valence-corrected chi connectivity index (χ1v) is 10.8. The van der Waals surface area contributed by atoms with Crippen LogP contribution in [0.2, 0.25) is 0 Å². The highest BCUT2D eigenvalue weighted by Gasteiger charge is 2.27. The number of anilines is 1. The van der Waals surface area contributed by atoms with E-state index in [9.17, 15) is 17.6 Å². The SMILES string of the molecule is CN1CCN(S(=O)(=O)c2cccc(NC(=O)CCOc3ccc(F)cc3)c2)CC1. The second kappa shape index (κ2) is 9.34. The van der Waals surface area contributed by atoms with Crippen molar-refractivity contribution in [1.82, 2.24) is 9.21 Å². The summed E-state index contributed by atoms with van der Waals surface area (Å²) in [4.78, 5) is 14.4. The molecule has 1 N–H and O–H groups in total. The molecular weight excluding hydrogens is 397 g/mol. The molecule has 1 fully saturated rings. The monoisotopic (exact) mass is 421 g/mol. The van der Waals surface area contributed by atoms with Crippen LogP contribution in [0.5, 0.6) is 5.75 Å². The molecule has 0 aliphatic carbocycles. The van der Waals surface area contributed by atoms with Crippen molar-refractivity contribution < 1.29 is 22.3 Å². The molecule has 156 valence electrons. The molecule has 2 aromatic carbocycles. The predicted molar refractivity (Wildman–Crippen MR) is 108 cm³/mol. The Balaban J connectivity index is 1.56. The lowest BCUT2D eigenvalue weighted by atomic mass is 10.3. The van der Waals surface area contributed by atoms with E-state index >= 15 is 0 Å². The average Bonchev–Trinajstić information content (AvgIpc) is 2.70. The molecule has 29 heavy (non-hydrogen) atoms. The van der Waals surface area contributed by atoms with Crippen LogP contribution in [0, 0.1) is 5.82 Å². The number of nitrogens with zero attached hydrogens (tertiary/aromatic N) is 2. The number of carbonyl (C=O) groups excluding carboxylic acids is 1. The second-order valence-corrected chi connectivity index (χ2v) is 8.77. The molecule has 0 atom stereocenters. The van der Waals surface area contributed by atoms with E-state index < -0.39 is 10.0 Å². The van der Waals surface area contributed by atoms with Crippen molar-refractivity contribution in [1.29, 1.82) is 0 Å². The summed E-state index contributed by atoms with van der Waals surface area (Å²) < 4.78 is 45.4. The van der Waals surface area contributed by atoms with E-state index in [1.807, 2.05) is 7.05 Å². The number of nitrogens with one attached hydrogen (secondary N) is 1. The van der Waals surface area contributed by atoms with Gasteiger partial charge in [-0.2, -0.15) is 4.31 Å². The van der Waals surface area contributed by atoms with Gasteiger partial charge < -0.3 is 15.0 Å². The maximum atomic E-state index is 12.9. The molecule has 7 nitrogen and oxygen atoms in total. The summed E-state index contributed by atoms with van der Waals surface area (Å²) in [5.41, 5.74) is 0.409. The first kappa shape index (κ1) is 21.2. The van der Waals surface area contributed by atoms with Crippen LogP contribution in [0.25, 0.3) is 0 Å². The minimum absolute atomic E-state index is 0.0762. The number of halogens is 1. The molecule has 1 amide bonds. The van der Waals surface area contributed by atoms with E-state index in [0.717, 1.165) is 0 Å². The van der Waals surface area contributed by atoms with Gasteiger partial charge in [-0.25, -0.2) is 12.8 Å². The average molecular weight is 421 g/mol. The fraction of sp³-hybridized carbons (Fsp3) is 0.350. The topological polar surface area (TPSA) is 79.0 Å². The number of amides is 1. The van der Waals surface area contributed by atoms with Gasteiger partial charge >= 0.3 is 0 Å². The van der Waals surface area contributed by atoms with Gasteiger partial charge in [0.05, 0.1) is 17.9 Å². The van der Waals surface area contributed by atoms with Crippen LogP contribution < -0.4 is 10.1 Å². The maximum Gasteiger partial charge on any atom is 0.243 e. The molecule has 0 bridgehead atoms. The number of likely N-dealkylation sites (N-methyl/N-ethyl adjacent to an activating group) is 1. The summed E-state index contributed by atoms with van der Waals surface area (Å²) in [6.07, 6.45) is 0.0762. The molecular formula is C20H24FN3O4S. The van der Waals surface area contributed by atoms with Gasteiger partial charge in [0, 0.05) is 31.9 Å². The van der Waals surface area contributed by atoms with Gasteiger partial charge in [0.2, 0.25) is 15.9 Å². The first-order chi connectivity index (χ1) is 13.8. The van der Waals surface area contributed by atoms with Crippen LogP contribution in [-0.2, 0) is 14.8 Å². The molecule has 1 aliphatic heterocycles. The Bertz CT molecular complexity index is 942. The number of ether oxygens (including phenoxy) is 1. The molecule has 1 saturated heterocycles. The van der Waals surface area contributed by atoms with Crippen molar-refractivity contribution in [2.24, 2.45) is 0 Å². The summed E-state index contributed by atoms with van der Waals surface area (Å²) >= 11 is 0. The lowest BCUT2D eigenvalue weighted by Crippen LogP contribution is -2.47. The largest absolute Gasteiger partial charge is 0.493 e. The van der Waals surface area contributed by atoms with Crippen molar-refractivity contribution in [2.75, 3.05) is 45.2 Å². The molecule has 1 aliphatic rings. The van der Waals surface area contributed by atoms with Gasteiger partial charge in [-0.3, -0.25) is 4.79 Å². The quantitative estimate of drug-likeness (QED) is 0.741. The third-order valence-electron chi connectivity index (χ3n) is 4.63.